The molecule has 0 atom stereocenters. The highest BCUT2D eigenvalue weighted by atomic mass is 28.3. The van der Waals surface area contributed by atoms with Crippen LogP contribution in [0.25, 0.3) is 32.3 Å². The normalized spacial score (nSPS) is 11.4. The van der Waals surface area contributed by atoms with Crippen molar-refractivity contribution in [2.75, 3.05) is 26.4 Å². The van der Waals surface area contributed by atoms with Crippen LogP contribution in [-0.2, 0) is 0 Å². The molecule has 292 valence electrons. The minimum atomic E-state index is -1.66. The number of fused-ring (bicyclic) bond motifs is 6. The number of terminal acetylenes is 1. The molecular weight excluding hydrogens is 681 g/mol. The van der Waals surface area contributed by atoms with Crippen LogP contribution in [0.4, 0.5) is 0 Å². The van der Waals surface area contributed by atoms with E-state index in [0.717, 1.165) is 118 Å². The second-order valence-corrected chi connectivity index (χ2v) is 20.7. The van der Waals surface area contributed by atoms with Crippen LogP contribution in [0.5, 0.6) is 23.0 Å². The van der Waals surface area contributed by atoms with E-state index in [2.05, 4.69) is 101 Å². The highest BCUT2D eigenvalue weighted by Crippen LogP contribution is 2.44. The van der Waals surface area contributed by atoms with Gasteiger partial charge in [0.05, 0.1) is 37.6 Å². The molecule has 0 saturated heterocycles. The van der Waals surface area contributed by atoms with E-state index >= 15 is 0 Å². The van der Waals surface area contributed by atoms with E-state index in [0.29, 0.717) is 26.4 Å². The summed E-state index contributed by atoms with van der Waals surface area (Å²) >= 11 is 0. The van der Waals surface area contributed by atoms with Crippen LogP contribution in [0.2, 0.25) is 19.6 Å². The molecule has 4 aromatic carbocycles. The number of rotatable bonds is 24. The molecule has 4 rings (SSSR count). The summed E-state index contributed by atoms with van der Waals surface area (Å²) in [6.45, 7) is 18.4. The number of unbranched alkanes of at least 4 members (excludes halogenated alkanes) is 12. The van der Waals surface area contributed by atoms with E-state index in [4.69, 9.17) is 25.4 Å². The topological polar surface area (TPSA) is 36.9 Å². The third-order valence-electron chi connectivity index (χ3n) is 9.94. The predicted molar refractivity (Wildman–Crippen MR) is 236 cm³/mol. The van der Waals surface area contributed by atoms with Crippen LogP contribution in [0.3, 0.4) is 0 Å². The van der Waals surface area contributed by atoms with Crippen molar-refractivity contribution in [2.45, 2.75) is 150 Å². The minimum Gasteiger partial charge on any atom is -0.492 e. The number of ether oxygens (including phenoxy) is 4. The summed E-state index contributed by atoms with van der Waals surface area (Å²) in [5.74, 6) is 9.72. The Morgan fingerprint density at radius 3 is 1.09 bits per heavy atom. The van der Waals surface area contributed by atoms with Gasteiger partial charge < -0.3 is 18.9 Å². The molecule has 0 amide bonds. The molecule has 0 fully saturated rings. The van der Waals surface area contributed by atoms with Crippen LogP contribution in [0.15, 0.2) is 36.4 Å². The van der Waals surface area contributed by atoms with E-state index in [1.54, 1.807) is 0 Å². The molecule has 5 heteroatoms. The molecule has 0 aromatic heterocycles. The van der Waals surface area contributed by atoms with Gasteiger partial charge in [0.15, 0.2) is 11.5 Å². The zero-order valence-electron chi connectivity index (χ0n) is 34.8. The van der Waals surface area contributed by atoms with Crippen LogP contribution in [0.1, 0.15) is 142 Å². The van der Waals surface area contributed by atoms with Gasteiger partial charge in [-0.2, -0.15) is 0 Å². The first-order chi connectivity index (χ1) is 26.2. The van der Waals surface area contributed by atoms with Gasteiger partial charge in [-0.25, -0.2) is 0 Å². The van der Waals surface area contributed by atoms with E-state index in [1.165, 1.54) is 51.4 Å². The molecule has 0 aliphatic rings. The van der Waals surface area contributed by atoms with Gasteiger partial charge in [-0.3, -0.25) is 0 Å². The molecule has 0 bridgehead atoms. The lowest BCUT2D eigenvalue weighted by Crippen LogP contribution is -2.16. The van der Waals surface area contributed by atoms with Crippen molar-refractivity contribution in [1.82, 2.24) is 0 Å². The Labute approximate surface area is 329 Å². The molecule has 0 saturated carbocycles. The highest BCUT2D eigenvalue weighted by molar-refractivity contribution is 6.83. The van der Waals surface area contributed by atoms with E-state index in [-0.39, 0.29) is 0 Å². The van der Waals surface area contributed by atoms with Crippen LogP contribution in [0, 0.1) is 23.8 Å². The molecule has 54 heavy (non-hydrogen) atoms. The molecular formula is C49H68O4Si. The quantitative estimate of drug-likeness (QED) is 0.0309. The largest absolute Gasteiger partial charge is 0.492 e. The summed E-state index contributed by atoms with van der Waals surface area (Å²) in [4.78, 5) is 0. The number of hydrogen-bond donors (Lipinski definition) is 0. The predicted octanol–water partition coefficient (Wildman–Crippen LogP) is 14.2. The highest BCUT2D eigenvalue weighted by Gasteiger charge is 2.19. The van der Waals surface area contributed by atoms with Gasteiger partial charge in [-0.15, -0.1) is 12.0 Å². The van der Waals surface area contributed by atoms with Crippen molar-refractivity contribution in [3.63, 3.8) is 0 Å². The maximum Gasteiger partial charge on any atom is 0.161 e. The Balaban J connectivity index is 1.99. The molecule has 0 N–H and O–H groups in total. The van der Waals surface area contributed by atoms with Gasteiger partial charge in [0.25, 0.3) is 0 Å². The fourth-order valence-corrected chi connectivity index (χ4v) is 7.34. The van der Waals surface area contributed by atoms with E-state index < -0.39 is 8.07 Å². The molecule has 0 unspecified atom stereocenters. The zero-order valence-corrected chi connectivity index (χ0v) is 35.8. The third kappa shape index (κ3) is 12.6. The lowest BCUT2D eigenvalue weighted by molar-refractivity contribution is 0.259. The molecule has 4 aromatic rings. The monoisotopic (exact) mass is 748 g/mol. The lowest BCUT2D eigenvalue weighted by Gasteiger charge is -2.19. The molecule has 0 heterocycles. The van der Waals surface area contributed by atoms with Gasteiger partial charge in [0, 0.05) is 0 Å². The third-order valence-corrected chi connectivity index (χ3v) is 10.8. The number of hydrogen-bond acceptors (Lipinski definition) is 4. The smallest absolute Gasteiger partial charge is 0.161 e. The fourth-order valence-electron chi connectivity index (χ4n) is 6.83. The summed E-state index contributed by atoms with van der Waals surface area (Å²) in [6, 6.07) is 13.2. The molecule has 0 aliphatic heterocycles. The Hall–Kier alpha value is -3.80. The van der Waals surface area contributed by atoms with Crippen molar-refractivity contribution in [1.29, 1.82) is 0 Å². The Morgan fingerprint density at radius 1 is 0.426 bits per heavy atom. The standard InChI is InChI=1S/C49H68O4Si/c1-9-14-18-22-27-50-46-34-42-40(32-38(46)13-5)41-33-39(26-31-54(6,7)8)47(51-28-23-19-15-10-2)35-43(41)45-37-49(53-30-25-21-17-12-4)48(36-44(42)45)52-29-24-20-16-11-3/h5,32-37H,9-12,14-25,27-30H2,1-4,6-8H3. The molecule has 0 aliphatic carbocycles. The van der Waals surface area contributed by atoms with E-state index in [1.807, 2.05) is 0 Å². The second-order valence-electron chi connectivity index (χ2n) is 15.9. The molecule has 0 spiro atoms. The SMILES string of the molecule is C#Cc1cc2c3cc(C#C[Si](C)(C)C)c(OCCCCCC)cc3c3cc(OCCCCCC)c(OCCCCCC)cc3c2cc1OCCCCCC. The zero-order chi connectivity index (χ0) is 38.8. The summed E-state index contributed by atoms with van der Waals surface area (Å²) < 4.78 is 26.2. The van der Waals surface area contributed by atoms with Gasteiger partial charge >= 0.3 is 0 Å². The van der Waals surface area contributed by atoms with Gasteiger partial charge in [-0.1, -0.05) is 136 Å². The van der Waals surface area contributed by atoms with E-state index in [9.17, 15) is 0 Å². The lowest BCUT2D eigenvalue weighted by atomic mass is 9.91. The maximum absolute atomic E-state index is 6.60. The summed E-state index contributed by atoms with van der Waals surface area (Å²) in [5.41, 5.74) is 5.31. The Kier molecular flexibility index (Phi) is 17.9. The maximum atomic E-state index is 6.60. The van der Waals surface area contributed by atoms with Crippen molar-refractivity contribution in [3.8, 4) is 46.8 Å². The van der Waals surface area contributed by atoms with Crippen molar-refractivity contribution < 1.29 is 18.9 Å². The first-order valence-corrected chi connectivity index (χ1v) is 24.8. The van der Waals surface area contributed by atoms with Crippen molar-refractivity contribution in [3.05, 3.63) is 47.5 Å². The van der Waals surface area contributed by atoms with Crippen molar-refractivity contribution in [2.24, 2.45) is 0 Å². The Bertz CT molecular complexity index is 1880. The fraction of sp³-hybridized carbons (Fsp3) is 0.551. The van der Waals surface area contributed by atoms with Gasteiger partial charge in [0.1, 0.15) is 19.6 Å². The summed E-state index contributed by atoms with van der Waals surface area (Å²) in [6.07, 6.45) is 24.5. The summed E-state index contributed by atoms with van der Waals surface area (Å²) in [7, 11) is -1.66. The minimum absolute atomic E-state index is 0.642. The van der Waals surface area contributed by atoms with Gasteiger partial charge in [-0.05, 0) is 94.4 Å². The van der Waals surface area contributed by atoms with Gasteiger partial charge in [0.2, 0.25) is 0 Å². The Morgan fingerprint density at radius 2 is 0.741 bits per heavy atom. The average Bonchev–Trinajstić information content (AvgIpc) is 3.16. The van der Waals surface area contributed by atoms with Crippen LogP contribution >= 0.6 is 0 Å². The molecule has 4 nitrogen and oxygen atoms in total. The second kappa shape index (κ2) is 22.5. The van der Waals surface area contributed by atoms with Crippen LogP contribution in [-0.4, -0.2) is 34.5 Å². The number of benzene rings is 4. The summed E-state index contributed by atoms with van der Waals surface area (Å²) in [5, 5.41) is 6.56. The first kappa shape index (κ1) is 42.9. The van der Waals surface area contributed by atoms with Crippen LogP contribution < -0.4 is 18.9 Å². The molecule has 0 radical (unpaired) electrons. The van der Waals surface area contributed by atoms with Crippen molar-refractivity contribution >= 4 is 40.4 Å². The first-order valence-electron chi connectivity index (χ1n) is 21.3. The average molecular weight is 749 g/mol.